The number of fused-ring (bicyclic) bond motifs is 3. The van der Waals surface area contributed by atoms with E-state index in [1.807, 2.05) is 54.6 Å². The highest BCUT2D eigenvalue weighted by atomic mass is 16.7. The lowest BCUT2D eigenvalue weighted by Gasteiger charge is -2.11. The van der Waals surface area contributed by atoms with Gasteiger partial charge in [0.25, 0.3) is 0 Å². The molecule has 0 atom stereocenters. The molecule has 0 aliphatic heterocycles. The zero-order chi connectivity index (χ0) is 24.5. The third kappa shape index (κ3) is 3.79. The minimum absolute atomic E-state index is 0.0108. The van der Waals surface area contributed by atoms with Crippen LogP contribution in [0.5, 0.6) is 0 Å². The summed E-state index contributed by atoms with van der Waals surface area (Å²) in [6, 6.07) is 25.8. The number of para-hydroxylation sites is 1. The van der Waals surface area contributed by atoms with Crippen molar-refractivity contribution in [2.75, 3.05) is 7.11 Å². The number of aromatic carboxylic acids is 1. The first-order valence-corrected chi connectivity index (χ1v) is 10.8. The van der Waals surface area contributed by atoms with Crippen molar-refractivity contribution < 1.29 is 29.1 Å². The Bertz CT molecular complexity index is 1630. The Hall–Kier alpha value is -4.91. The molecule has 0 saturated carbocycles. The first-order chi connectivity index (χ1) is 17.0. The van der Waals surface area contributed by atoms with E-state index in [1.165, 1.54) is 36.1 Å². The summed E-state index contributed by atoms with van der Waals surface area (Å²) < 4.78 is 6.41. The summed E-state index contributed by atoms with van der Waals surface area (Å²) in [4.78, 5) is 42.6. The molecule has 0 bridgehead atoms. The zero-order valence-corrected chi connectivity index (χ0v) is 18.6. The molecule has 1 heterocycles. The highest BCUT2D eigenvalue weighted by Gasteiger charge is 2.21. The maximum Gasteiger partial charge on any atom is 0.363 e. The first kappa shape index (κ1) is 21.9. The second-order valence-electron chi connectivity index (χ2n) is 7.81. The number of ether oxygens (including phenoxy) is 1. The van der Waals surface area contributed by atoms with Crippen LogP contribution in [0.15, 0.2) is 91.0 Å². The Balaban J connectivity index is 1.70. The number of aromatic nitrogens is 1. The summed E-state index contributed by atoms with van der Waals surface area (Å²) in [7, 11) is 1.34. The number of carbonyl (C=O) groups excluding carboxylic acids is 2. The van der Waals surface area contributed by atoms with E-state index < -0.39 is 17.9 Å². The first-order valence-electron chi connectivity index (χ1n) is 10.8. The van der Waals surface area contributed by atoms with E-state index in [0.717, 1.165) is 16.3 Å². The smallest absolute Gasteiger partial charge is 0.363 e. The van der Waals surface area contributed by atoms with Gasteiger partial charge in [-0.3, -0.25) is 0 Å². The van der Waals surface area contributed by atoms with E-state index in [4.69, 9.17) is 9.57 Å². The van der Waals surface area contributed by atoms with Gasteiger partial charge in [0.1, 0.15) is 0 Å². The van der Waals surface area contributed by atoms with Crippen LogP contribution in [0.2, 0.25) is 0 Å². The van der Waals surface area contributed by atoms with Crippen LogP contribution >= 0.6 is 0 Å². The van der Waals surface area contributed by atoms with Gasteiger partial charge in [-0.25, -0.2) is 14.4 Å². The van der Waals surface area contributed by atoms with E-state index in [0.29, 0.717) is 22.2 Å². The Morgan fingerprint density at radius 2 is 1.37 bits per heavy atom. The minimum atomic E-state index is -1.13. The summed E-state index contributed by atoms with van der Waals surface area (Å²) >= 11 is 0. The number of hydrogen-bond donors (Lipinski definition) is 1. The third-order valence-corrected chi connectivity index (χ3v) is 5.80. The molecule has 35 heavy (non-hydrogen) atoms. The Labute approximate surface area is 199 Å². The minimum Gasteiger partial charge on any atom is -0.478 e. The normalized spacial score (nSPS) is 10.9. The second-order valence-corrected chi connectivity index (χ2v) is 7.81. The fraction of sp³-hybridized carbons (Fsp3) is 0.0357. The van der Waals surface area contributed by atoms with Crippen molar-refractivity contribution in [3.8, 4) is 11.1 Å². The van der Waals surface area contributed by atoms with Crippen LogP contribution in [0.1, 0.15) is 31.1 Å². The Kier molecular flexibility index (Phi) is 5.51. The molecule has 7 heteroatoms. The van der Waals surface area contributed by atoms with E-state index in [2.05, 4.69) is 0 Å². The number of nitrogens with zero attached hydrogens (tertiary/aromatic N) is 1. The van der Waals surface area contributed by atoms with Gasteiger partial charge in [0.2, 0.25) is 0 Å². The van der Waals surface area contributed by atoms with Crippen molar-refractivity contribution in [2.45, 2.75) is 0 Å². The van der Waals surface area contributed by atoms with Crippen LogP contribution in [0.3, 0.4) is 0 Å². The summed E-state index contributed by atoms with van der Waals surface area (Å²) in [6.07, 6.45) is 0. The standard InChI is InChI=1S/C28H19NO6/c1-34-28(33)21-11-3-2-10-19(21)20-13-7-15-24-25(20)22-12-4-5-14-23(22)29(24)35-27(32)18-9-6-8-17(16-18)26(30)31/h2-16H,1H3,(H,30,31). The molecule has 5 aromatic rings. The van der Waals surface area contributed by atoms with Gasteiger partial charge in [0.15, 0.2) is 0 Å². The largest absolute Gasteiger partial charge is 0.478 e. The number of benzene rings is 4. The van der Waals surface area contributed by atoms with Gasteiger partial charge in [0, 0.05) is 10.8 Å². The summed E-state index contributed by atoms with van der Waals surface area (Å²) in [5.41, 5.74) is 3.25. The highest BCUT2D eigenvalue weighted by Crippen LogP contribution is 2.37. The van der Waals surface area contributed by atoms with Gasteiger partial charge in [-0.15, -0.1) is 0 Å². The number of esters is 1. The summed E-state index contributed by atoms with van der Waals surface area (Å²) in [5.74, 6) is -2.28. The quantitative estimate of drug-likeness (QED) is 0.358. The highest BCUT2D eigenvalue weighted by molar-refractivity contribution is 6.16. The van der Waals surface area contributed by atoms with Crippen molar-refractivity contribution in [3.05, 3.63) is 108 Å². The van der Waals surface area contributed by atoms with Gasteiger partial charge in [-0.05, 0) is 47.5 Å². The molecule has 172 valence electrons. The predicted molar refractivity (Wildman–Crippen MR) is 131 cm³/mol. The summed E-state index contributed by atoms with van der Waals surface area (Å²) in [6.45, 7) is 0. The van der Waals surface area contributed by atoms with Gasteiger partial charge >= 0.3 is 17.9 Å². The molecule has 0 spiro atoms. The average Bonchev–Trinajstić information content (AvgIpc) is 3.22. The van der Waals surface area contributed by atoms with Gasteiger partial charge < -0.3 is 14.7 Å². The molecular weight excluding hydrogens is 446 g/mol. The van der Waals surface area contributed by atoms with Crippen molar-refractivity contribution in [3.63, 3.8) is 0 Å². The predicted octanol–water partition coefficient (Wildman–Crippen LogP) is 5.22. The van der Waals surface area contributed by atoms with Gasteiger partial charge in [0.05, 0.1) is 34.8 Å². The lowest BCUT2D eigenvalue weighted by molar-refractivity contribution is 0.0500. The van der Waals surface area contributed by atoms with Crippen molar-refractivity contribution in [2.24, 2.45) is 0 Å². The number of carboxylic acids is 1. The van der Waals surface area contributed by atoms with E-state index in [-0.39, 0.29) is 11.1 Å². The fourth-order valence-corrected chi connectivity index (χ4v) is 4.23. The molecule has 0 radical (unpaired) electrons. The number of carboxylic acid groups (broad SMARTS) is 1. The molecule has 0 aliphatic rings. The Morgan fingerprint density at radius 3 is 2.17 bits per heavy atom. The maximum atomic E-state index is 13.0. The number of hydrogen-bond acceptors (Lipinski definition) is 5. The van der Waals surface area contributed by atoms with Crippen molar-refractivity contribution in [1.29, 1.82) is 0 Å². The monoisotopic (exact) mass is 465 g/mol. The molecule has 0 aliphatic carbocycles. The second kappa shape index (κ2) is 8.79. The molecule has 0 amide bonds. The molecular formula is C28H19NO6. The topological polar surface area (TPSA) is 94.8 Å². The number of rotatable bonds is 5. The lowest BCUT2D eigenvalue weighted by Crippen LogP contribution is -2.20. The number of methoxy groups -OCH3 is 1. The molecule has 0 fully saturated rings. The van der Waals surface area contributed by atoms with Gasteiger partial charge in [-0.1, -0.05) is 54.6 Å². The molecule has 7 nitrogen and oxygen atoms in total. The van der Waals surface area contributed by atoms with Crippen LogP contribution < -0.4 is 4.84 Å². The lowest BCUT2D eigenvalue weighted by atomic mass is 9.95. The zero-order valence-electron chi connectivity index (χ0n) is 18.6. The van der Waals surface area contributed by atoms with Crippen LogP contribution in [0.4, 0.5) is 0 Å². The van der Waals surface area contributed by atoms with Crippen LogP contribution in [-0.4, -0.2) is 34.9 Å². The van der Waals surface area contributed by atoms with Crippen molar-refractivity contribution in [1.82, 2.24) is 4.73 Å². The molecule has 5 rings (SSSR count). The third-order valence-electron chi connectivity index (χ3n) is 5.80. The van der Waals surface area contributed by atoms with Crippen molar-refractivity contribution >= 4 is 39.7 Å². The van der Waals surface area contributed by atoms with Crippen LogP contribution in [0.25, 0.3) is 32.9 Å². The molecule has 4 aromatic carbocycles. The van der Waals surface area contributed by atoms with E-state index in [1.54, 1.807) is 12.1 Å². The molecule has 0 saturated heterocycles. The van der Waals surface area contributed by atoms with Gasteiger partial charge in [-0.2, -0.15) is 4.73 Å². The van der Waals surface area contributed by atoms with Crippen LogP contribution in [-0.2, 0) is 4.74 Å². The van der Waals surface area contributed by atoms with E-state index in [9.17, 15) is 19.5 Å². The number of carbonyl (C=O) groups is 3. The Morgan fingerprint density at radius 1 is 0.714 bits per heavy atom. The molecule has 1 N–H and O–H groups in total. The molecule has 0 unspecified atom stereocenters. The molecule has 1 aromatic heterocycles. The van der Waals surface area contributed by atoms with Crippen LogP contribution in [0, 0.1) is 0 Å². The average molecular weight is 465 g/mol. The summed E-state index contributed by atoms with van der Waals surface area (Å²) in [5, 5.41) is 10.9. The van der Waals surface area contributed by atoms with E-state index >= 15 is 0 Å². The SMILES string of the molecule is COC(=O)c1ccccc1-c1cccc2c1c1ccccc1n2OC(=O)c1cccc(C(=O)O)c1. The maximum absolute atomic E-state index is 13.0. The fourth-order valence-electron chi connectivity index (χ4n) is 4.23.